The maximum Gasteiger partial charge on any atom is 0.220 e. The van der Waals surface area contributed by atoms with Gasteiger partial charge in [0, 0.05) is 12.8 Å². The normalized spacial score (nSPS) is 23.3. The van der Waals surface area contributed by atoms with Crippen LogP contribution < -0.4 is 10.6 Å². The van der Waals surface area contributed by atoms with Crippen LogP contribution >= 0.6 is 0 Å². The Morgan fingerprint density at radius 3 is 1.73 bits per heavy atom. The Morgan fingerprint density at radius 1 is 1.00 bits per heavy atom. The fraction of sp³-hybridized carbons (Fsp3) is 0.818. The van der Waals surface area contributed by atoms with E-state index in [9.17, 15) is 9.59 Å². The number of carbonyl (C=O) groups is 2. The Balaban J connectivity index is 2.12. The lowest BCUT2D eigenvalue weighted by atomic mass is 10.3. The molecule has 0 aromatic heterocycles. The molecule has 0 bridgehead atoms. The van der Waals surface area contributed by atoms with Crippen molar-refractivity contribution in [2.24, 2.45) is 0 Å². The molecule has 1 aliphatic carbocycles. The van der Waals surface area contributed by atoms with Crippen LogP contribution in [0.15, 0.2) is 0 Å². The fourth-order valence-corrected chi connectivity index (χ4v) is 1.53. The molecule has 2 amide bonds. The fourth-order valence-electron chi connectivity index (χ4n) is 1.53. The van der Waals surface area contributed by atoms with Crippen LogP contribution in [0.5, 0.6) is 0 Å². The zero-order chi connectivity index (χ0) is 11.3. The topological polar surface area (TPSA) is 58.2 Å². The zero-order valence-corrected chi connectivity index (χ0v) is 9.51. The molecule has 0 aromatic carbocycles. The molecule has 4 heteroatoms. The van der Waals surface area contributed by atoms with Crippen LogP contribution in [0.4, 0.5) is 0 Å². The molecule has 1 fully saturated rings. The van der Waals surface area contributed by atoms with E-state index in [1.807, 2.05) is 13.8 Å². The standard InChI is InChI=1S/C11H20N2O2/c1-3-5-10(14)12-8-7-9(8)13-11(15)6-4-2/h8-9H,3-7H2,1-2H3,(H,12,14)(H,13,15). The Morgan fingerprint density at radius 2 is 1.40 bits per heavy atom. The van der Waals surface area contributed by atoms with Gasteiger partial charge in [-0.05, 0) is 19.3 Å². The highest BCUT2D eigenvalue weighted by molar-refractivity contribution is 5.78. The first-order chi connectivity index (χ1) is 7.17. The van der Waals surface area contributed by atoms with E-state index >= 15 is 0 Å². The summed E-state index contributed by atoms with van der Waals surface area (Å²) < 4.78 is 0. The quantitative estimate of drug-likeness (QED) is 0.689. The van der Waals surface area contributed by atoms with Gasteiger partial charge in [-0.2, -0.15) is 0 Å². The van der Waals surface area contributed by atoms with Crippen molar-refractivity contribution in [2.45, 2.75) is 58.0 Å². The average molecular weight is 212 g/mol. The minimum atomic E-state index is 0.0924. The minimum absolute atomic E-state index is 0.0924. The zero-order valence-electron chi connectivity index (χ0n) is 9.51. The lowest BCUT2D eigenvalue weighted by Gasteiger charge is -2.05. The van der Waals surface area contributed by atoms with Crippen LogP contribution in [0.1, 0.15) is 46.0 Å². The minimum Gasteiger partial charge on any atom is -0.351 e. The first kappa shape index (κ1) is 12.0. The van der Waals surface area contributed by atoms with E-state index in [4.69, 9.17) is 0 Å². The summed E-state index contributed by atoms with van der Waals surface area (Å²) in [7, 11) is 0. The van der Waals surface area contributed by atoms with Crippen molar-refractivity contribution in [2.75, 3.05) is 0 Å². The lowest BCUT2D eigenvalue weighted by Crippen LogP contribution is -2.34. The number of rotatable bonds is 6. The van der Waals surface area contributed by atoms with Crippen LogP contribution in [0, 0.1) is 0 Å². The van der Waals surface area contributed by atoms with Crippen molar-refractivity contribution >= 4 is 11.8 Å². The van der Waals surface area contributed by atoms with Gasteiger partial charge in [0.15, 0.2) is 0 Å². The SMILES string of the molecule is CCCC(=O)NC1CC1NC(=O)CCC. The average Bonchev–Trinajstić information content (AvgIpc) is 2.83. The smallest absolute Gasteiger partial charge is 0.220 e. The maximum atomic E-state index is 11.2. The number of hydrogen-bond acceptors (Lipinski definition) is 2. The first-order valence-electron chi connectivity index (χ1n) is 5.76. The molecule has 0 heterocycles. The van der Waals surface area contributed by atoms with Gasteiger partial charge in [0.2, 0.25) is 11.8 Å². The van der Waals surface area contributed by atoms with E-state index in [-0.39, 0.29) is 23.9 Å². The van der Waals surface area contributed by atoms with E-state index in [0.717, 1.165) is 19.3 Å². The molecule has 4 nitrogen and oxygen atoms in total. The molecule has 0 spiro atoms. The summed E-state index contributed by atoms with van der Waals surface area (Å²) in [5.74, 6) is 0.185. The maximum absolute atomic E-state index is 11.2. The number of carbonyl (C=O) groups excluding carboxylic acids is 2. The second-order valence-electron chi connectivity index (χ2n) is 4.08. The predicted octanol–water partition coefficient (Wildman–Crippen LogP) is 0.960. The van der Waals surface area contributed by atoms with Crippen molar-refractivity contribution in [1.82, 2.24) is 10.6 Å². The molecule has 1 aliphatic rings. The molecular weight excluding hydrogens is 192 g/mol. The third-order valence-electron chi connectivity index (χ3n) is 2.44. The highest BCUT2D eigenvalue weighted by Crippen LogP contribution is 2.21. The Bertz CT molecular complexity index is 217. The molecule has 2 unspecified atom stereocenters. The van der Waals surface area contributed by atoms with E-state index in [1.54, 1.807) is 0 Å². The Hall–Kier alpha value is -1.06. The molecule has 0 aromatic rings. The van der Waals surface area contributed by atoms with Gasteiger partial charge >= 0.3 is 0 Å². The highest BCUT2D eigenvalue weighted by atomic mass is 16.2. The summed E-state index contributed by atoms with van der Waals surface area (Å²) >= 11 is 0. The van der Waals surface area contributed by atoms with Gasteiger partial charge in [-0.3, -0.25) is 9.59 Å². The summed E-state index contributed by atoms with van der Waals surface area (Å²) in [5, 5.41) is 5.80. The van der Waals surface area contributed by atoms with Gasteiger partial charge in [0.25, 0.3) is 0 Å². The van der Waals surface area contributed by atoms with E-state index < -0.39 is 0 Å². The van der Waals surface area contributed by atoms with Crippen molar-refractivity contribution in [3.05, 3.63) is 0 Å². The summed E-state index contributed by atoms with van der Waals surface area (Å²) in [4.78, 5) is 22.5. The summed E-state index contributed by atoms with van der Waals surface area (Å²) in [6.07, 6.45) is 3.76. The van der Waals surface area contributed by atoms with Crippen molar-refractivity contribution < 1.29 is 9.59 Å². The molecule has 1 saturated carbocycles. The Kier molecular flexibility index (Phi) is 4.59. The highest BCUT2D eigenvalue weighted by Gasteiger charge is 2.38. The molecule has 86 valence electrons. The molecule has 0 radical (unpaired) electrons. The van der Waals surface area contributed by atoms with Crippen LogP contribution in [0.3, 0.4) is 0 Å². The van der Waals surface area contributed by atoms with Gasteiger partial charge in [0.1, 0.15) is 0 Å². The van der Waals surface area contributed by atoms with Crippen LogP contribution in [0.2, 0.25) is 0 Å². The molecule has 0 saturated heterocycles. The summed E-state index contributed by atoms with van der Waals surface area (Å²) in [6, 6.07) is 0.342. The molecule has 15 heavy (non-hydrogen) atoms. The molecular formula is C11H20N2O2. The van der Waals surface area contributed by atoms with Gasteiger partial charge < -0.3 is 10.6 Å². The molecule has 1 rings (SSSR count). The lowest BCUT2D eigenvalue weighted by molar-refractivity contribution is -0.123. The van der Waals surface area contributed by atoms with E-state index in [2.05, 4.69) is 10.6 Å². The first-order valence-corrected chi connectivity index (χ1v) is 5.76. The second kappa shape index (κ2) is 5.73. The molecule has 2 atom stereocenters. The van der Waals surface area contributed by atoms with Crippen LogP contribution in [-0.4, -0.2) is 23.9 Å². The third-order valence-corrected chi connectivity index (χ3v) is 2.44. The van der Waals surface area contributed by atoms with Crippen molar-refractivity contribution in [3.63, 3.8) is 0 Å². The Labute approximate surface area is 90.8 Å². The summed E-state index contributed by atoms with van der Waals surface area (Å²) in [5.41, 5.74) is 0. The van der Waals surface area contributed by atoms with Crippen LogP contribution in [0.25, 0.3) is 0 Å². The van der Waals surface area contributed by atoms with Crippen molar-refractivity contribution in [1.29, 1.82) is 0 Å². The summed E-state index contributed by atoms with van der Waals surface area (Å²) in [6.45, 7) is 3.96. The van der Waals surface area contributed by atoms with Gasteiger partial charge in [-0.15, -0.1) is 0 Å². The van der Waals surface area contributed by atoms with Gasteiger partial charge in [-0.25, -0.2) is 0 Å². The van der Waals surface area contributed by atoms with Gasteiger partial charge in [-0.1, -0.05) is 13.8 Å². The third kappa shape index (κ3) is 4.32. The predicted molar refractivity (Wildman–Crippen MR) is 58.3 cm³/mol. The van der Waals surface area contributed by atoms with E-state index in [0.29, 0.717) is 12.8 Å². The van der Waals surface area contributed by atoms with Gasteiger partial charge in [0.05, 0.1) is 12.1 Å². The largest absolute Gasteiger partial charge is 0.351 e. The van der Waals surface area contributed by atoms with Crippen LogP contribution in [-0.2, 0) is 9.59 Å². The monoisotopic (exact) mass is 212 g/mol. The van der Waals surface area contributed by atoms with E-state index in [1.165, 1.54) is 0 Å². The second-order valence-corrected chi connectivity index (χ2v) is 4.08. The van der Waals surface area contributed by atoms with Crippen molar-refractivity contribution in [3.8, 4) is 0 Å². The molecule has 2 N–H and O–H groups in total. The number of nitrogens with one attached hydrogen (secondary N) is 2. The number of amides is 2. The molecule has 0 aliphatic heterocycles. The number of hydrogen-bond donors (Lipinski definition) is 2.